The third-order valence-corrected chi connectivity index (χ3v) is 8.06. The summed E-state index contributed by atoms with van der Waals surface area (Å²) < 4.78 is 27.1. The van der Waals surface area contributed by atoms with Crippen LogP contribution in [-0.2, 0) is 14.8 Å². The molecule has 2 amide bonds. The Balaban J connectivity index is 2.25. The lowest BCUT2D eigenvalue weighted by Crippen LogP contribution is -2.31. The average Bonchev–Trinajstić information content (AvgIpc) is 2.74. The maximum Gasteiger partial charge on any atom is 0.256 e. The van der Waals surface area contributed by atoms with Gasteiger partial charge in [-0.3, -0.25) is 9.59 Å². The van der Waals surface area contributed by atoms with Crippen molar-refractivity contribution in [1.82, 2.24) is 9.62 Å². The number of hydrogen-bond donors (Lipinski definition) is 2. The molecule has 32 heavy (non-hydrogen) atoms. The van der Waals surface area contributed by atoms with Crippen molar-refractivity contribution >= 4 is 50.9 Å². The maximum absolute atomic E-state index is 12.9. The molecule has 0 fully saturated rings. The van der Waals surface area contributed by atoms with Gasteiger partial charge in [-0.1, -0.05) is 37.6 Å². The number of nitrogens with one attached hydrogen (secondary N) is 2. The van der Waals surface area contributed by atoms with Crippen molar-refractivity contribution in [3.8, 4) is 0 Å². The fraction of sp³-hybridized carbons (Fsp3) is 0.364. The standard InChI is InChI=1S/C22H28ClN3O4S2/c1-5-26(6-2)32(29,30)20-13-16(11-12-18(20)23)25-22(28)17-9-7-8-10-19(17)31-14-21(27)24-15(3)4/h7-13,15H,5-6,14H2,1-4H3,(H,24,27)(H,25,28). The smallest absolute Gasteiger partial charge is 0.256 e. The van der Waals surface area contributed by atoms with Crippen molar-refractivity contribution in [2.75, 3.05) is 24.2 Å². The molecule has 0 atom stereocenters. The van der Waals surface area contributed by atoms with Crippen molar-refractivity contribution in [3.05, 3.63) is 53.1 Å². The summed E-state index contributed by atoms with van der Waals surface area (Å²) in [5.41, 5.74) is 0.695. The molecule has 10 heteroatoms. The third-order valence-electron chi connectivity index (χ3n) is 4.45. The van der Waals surface area contributed by atoms with Gasteiger partial charge in [0.1, 0.15) is 4.90 Å². The molecule has 0 saturated carbocycles. The lowest BCUT2D eigenvalue weighted by atomic mass is 10.2. The van der Waals surface area contributed by atoms with Gasteiger partial charge in [0.05, 0.1) is 16.3 Å². The quantitative estimate of drug-likeness (QED) is 0.479. The van der Waals surface area contributed by atoms with Crippen LogP contribution in [0.2, 0.25) is 5.02 Å². The van der Waals surface area contributed by atoms with Gasteiger partial charge in [0.15, 0.2) is 0 Å². The largest absolute Gasteiger partial charge is 0.353 e. The molecule has 2 N–H and O–H groups in total. The van der Waals surface area contributed by atoms with E-state index in [1.165, 1.54) is 28.2 Å². The van der Waals surface area contributed by atoms with Gasteiger partial charge in [-0.15, -0.1) is 11.8 Å². The van der Waals surface area contributed by atoms with E-state index in [9.17, 15) is 18.0 Å². The lowest BCUT2D eigenvalue weighted by Gasteiger charge is -2.20. The highest BCUT2D eigenvalue weighted by atomic mass is 35.5. The number of thioether (sulfide) groups is 1. The number of benzene rings is 2. The third kappa shape index (κ3) is 6.71. The van der Waals surface area contributed by atoms with Crippen LogP contribution in [0.3, 0.4) is 0 Å². The summed E-state index contributed by atoms with van der Waals surface area (Å²) >= 11 is 7.42. The van der Waals surface area contributed by atoms with E-state index in [0.717, 1.165) is 0 Å². The first-order chi connectivity index (χ1) is 15.1. The number of rotatable bonds is 10. The molecule has 2 aromatic rings. The number of nitrogens with zero attached hydrogens (tertiary/aromatic N) is 1. The van der Waals surface area contributed by atoms with Crippen LogP contribution >= 0.6 is 23.4 Å². The van der Waals surface area contributed by atoms with Crippen molar-refractivity contribution in [2.45, 2.75) is 43.5 Å². The molecule has 0 aromatic heterocycles. The molecule has 0 unspecified atom stereocenters. The van der Waals surface area contributed by atoms with Gasteiger partial charge in [0.25, 0.3) is 5.91 Å². The van der Waals surface area contributed by atoms with Gasteiger partial charge in [-0.25, -0.2) is 8.42 Å². The molecule has 0 radical (unpaired) electrons. The highest BCUT2D eigenvalue weighted by molar-refractivity contribution is 8.00. The van der Waals surface area contributed by atoms with Crippen LogP contribution in [0.1, 0.15) is 38.1 Å². The molecule has 0 spiro atoms. The minimum Gasteiger partial charge on any atom is -0.353 e. The summed E-state index contributed by atoms with van der Waals surface area (Å²) in [5.74, 6) is -0.356. The molecule has 0 saturated heterocycles. The van der Waals surface area contributed by atoms with E-state index in [1.807, 2.05) is 13.8 Å². The fourth-order valence-corrected chi connectivity index (χ4v) is 5.79. The molecule has 0 heterocycles. The molecule has 0 aliphatic rings. The predicted octanol–water partition coefficient (Wildman–Crippen LogP) is 4.24. The number of sulfonamides is 1. The number of halogens is 1. The predicted molar refractivity (Wildman–Crippen MR) is 130 cm³/mol. The van der Waals surface area contributed by atoms with Crippen LogP contribution in [-0.4, -0.2) is 49.4 Å². The van der Waals surface area contributed by atoms with Crippen molar-refractivity contribution in [3.63, 3.8) is 0 Å². The van der Waals surface area contributed by atoms with Crippen LogP contribution < -0.4 is 10.6 Å². The first kappa shape index (κ1) is 26.2. The Kier molecular flexibility index (Phi) is 9.57. The second kappa shape index (κ2) is 11.7. The normalized spacial score (nSPS) is 11.6. The number of carbonyl (C=O) groups excluding carboxylic acids is 2. The van der Waals surface area contributed by atoms with E-state index in [4.69, 9.17) is 11.6 Å². The summed E-state index contributed by atoms with van der Waals surface area (Å²) in [6.45, 7) is 7.87. The first-order valence-corrected chi connectivity index (χ1v) is 13.0. The van der Waals surface area contributed by atoms with Crippen molar-refractivity contribution in [2.24, 2.45) is 0 Å². The number of carbonyl (C=O) groups is 2. The van der Waals surface area contributed by atoms with E-state index < -0.39 is 15.9 Å². The molecule has 0 aliphatic heterocycles. The summed E-state index contributed by atoms with van der Waals surface area (Å²) in [5, 5.41) is 5.64. The minimum absolute atomic E-state index is 0.0355. The van der Waals surface area contributed by atoms with E-state index in [0.29, 0.717) is 29.2 Å². The molecule has 2 aromatic carbocycles. The maximum atomic E-state index is 12.9. The van der Waals surface area contributed by atoms with E-state index in [1.54, 1.807) is 44.2 Å². The Hall–Kier alpha value is -2.07. The van der Waals surface area contributed by atoms with Crippen LogP contribution in [0.4, 0.5) is 5.69 Å². The fourth-order valence-electron chi connectivity index (χ4n) is 2.97. The summed E-state index contributed by atoms with van der Waals surface area (Å²) in [6, 6.07) is 11.3. The second-order valence-corrected chi connectivity index (χ2v) is 10.5. The summed E-state index contributed by atoms with van der Waals surface area (Å²) in [7, 11) is -3.79. The molecule has 0 bridgehead atoms. The van der Waals surface area contributed by atoms with Crippen LogP contribution in [0, 0.1) is 0 Å². The number of hydrogen-bond acceptors (Lipinski definition) is 5. The highest BCUT2D eigenvalue weighted by Gasteiger charge is 2.25. The van der Waals surface area contributed by atoms with E-state index >= 15 is 0 Å². The molecule has 174 valence electrons. The minimum atomic E-state index is -3.79. The molecule has 2 rings (SSSR count). The summed E-state index contributed by atoms with van der Waals surface area (Å²) in [4.78, 5) is 25.5. The van der Waals surface area contributed by atoms with Gasteiger partial charge >= 0.3 is 0 Å². The Morgan fingerprint density at radius 3 is 2.38 bits per heavy atom. The first-order valence-electron chi connectivity index (χ1n) is 10.2. The lowest BCUT2D eigenvalue weighted by molar-refractivity contribution is -0.119. The zero-order valence-corrected chi connectivity index (χ0v) is 20.9. The van der Waals surface area contributed by atoms with Gasteiger partial charge in [0.2, 0.25) is 15.9 Å². The second-order valence-electron chi connectivity index (χ2n) is 7.20. The van der Waals surface area contributed by atoms with Crippen molar-refractivity contribution in [1.29, 1.82) is 0 Å². The monoisotopic (exact) mass is 497 g/mol. The van der Waals surface area contributed by atoms with E-state index in [2.05, 4.69) is 10.6 Å². The van der Waals surface area contributed by atoms with Crippen LogP contribution in [0.25, 0.3) is 0 Å². The van der Waals surface area contributed by atoms with Gasteiger partial charge in [-0.2, -0.15) is 4.31 Å². The average molecular weight is 498 g/mol. The molecular formula is C22H28ClN3O4S2. The van der Waals surface area contributed by atoms with E-state index in [-0.39, 0.29) is 27.6 Å². The SMILES string of the molecule is CCN(CC)S(=O)(=O)c1cc(NC(=O)c2ccccc2SCC(=O)NC(C)C)ccc1Cl. The van der Waals surface area contributed by atoms with Crippen LogP contribution in [0.5, 0.6) is 0 Å². The Morgan fingerprint density at radius 1 is 1.09 bits per heavy atom. The molecule has 0 aliphatic carbocycles. The van der Waals surface area contributed by atoms with Crippen LogP contribution in [0.15, 0.2) is 52.3 Å². The van der Waals surface area contributed by atoms with Crippen molar-refractivity contribution < 1.29 is 18.0 Å². The Labute approximate surface area is 199 Å². The Morgan fingerprint density at radius 2 is 1.75 bits per heavy atom. The number of amides is 2. The number of anilines is 1. The summed E-state index contributed by atoms with van der Waals surface area (Å²) in [6.07, 6.45) is 0. The highest BCUT2D eigenvalue weighted by Crippen LogP contribution is 2.29. The van der Waals surface area contributed by atoms with Gasteiger partial charge in [0, 0.05) is 29.7 Å². The topological polar surface area (TPSA) is 95.6 Å². The zero-order chi connectivity index (χ0) is 23.9. The Bertz CT molecular complexity index is 1070. The molecular weight excluding hydrogens is 470 g/mol. The van der Waals surface area contributed by atoms with Gasteiger partial charge < -0.3 is 10.6 Å². The zero-order valence-electron chi connectivity index (χ0n) is 18.5. The molecule has 7 nitrogen and oxygen atoms in total. The van der Waals surface area contributed by atoms with Gasteiger partial charge in [-0.05, 0) is 44.2 Å².